The van der Waals surface area contributed by atoms with Crippen LogP contribution in [0.1, 0.15) is 35.7 Å². The van der Waals surface area contributed by atoms with Crippen molar-refractivity contribution in [2.45, 2.75) is 32.4 Å². The fourth-order valence-corrected chi connectivity index (χ4v) is 2.69. The van der Waals surface area contributed by atoms with Gasteiger partial charge in [-0.3, -0.25) is 9.69 Å². The molecule has 0 bridgehead atoms. The lowest BCUT2D eigenvalue weighted by atomic mass is 9.93. The van der Waals surface area contributed by atoms with E-state index in [9.17, 15) is 9.90 Å². The minimum absolute atomic E-state index is 0.255. The number of carbonyl (C=O) groups excluding carboxylic acids is 1. The van der Waals surface area contributed by atoms with Crippen LogP contribution in [-0.2, 0) is 6.54 Å². The van der Waals surface area contributed by atoms with Crippen molar-refractivity contribution < 1.29 is 9.90 Å². The third kappa shape index (κ3) is 3.55. The number of likely N-dealkylation sites (tertiary alicyclic amines) is 1. The van der Waals surface area contributed by atoms with Crippen LogP contribution in [0.25, 0.3) is 0 Å². The summed E-state index contributed by atoms with van der Waals surface area (Å²) in [6.07, 6.45) is 2.20. The van der Waals surface area contributed by atoms with E-state index < -0.39 is 0 Å². The summed E-state index contributed by atoms with van der Waals surface area (Å²) in [6.45, 7) is 4.19. The van der Waals surface area contributed by atoms with E-state index in [2.05, 4.69) is 11.8 Å². The number of piperidine rings is 1. The summed E-state index contributed by atoms with van der Waals surface area (Å²) in [5, 5.41) is 9.29. The van der Waals surface area contributed by atoms with Gasteiger partial charge in [0.1, 0.15) is 0 Å². The summed E-state index contributed by atoms with van der Waals surface area (Å²) < 4.78 is 0. The Bertz CT molecular complexity index is 448. The second-order valence-corrected chi connectivity index (χ2v) is 5.47. The van der Waals surface area contributed by atoms with Crippen LogP contribution < -0.4 is 5.73 Å². The Morgan fingerprint density at radius 3 is 2.95 bits per heavy atom. The summed E-state index contributed by atoms with van der Waals surface area (Å²) in [4.78, 5) is 13.5. The van der Waals surface area contributed by atoms with E-state index in [0.717, 1.165) is 31.5 Å². The molecule has 1 aliphatic rings. The number of aliphatic hydroxyl groups is 1. The Kier molecular flexibility index (Phi) is 4.56. The third-order valence-corrected chi connectivity index (χ3v) is 3.96. The van der Waals surface area contributed by atoms with Crippen LogP contribution in [0.2, 0.25) is 0 Å². The Morgan fingerprint density at radius 1 is 1.47 bits per heavy atom. The molecule has 0 spiro atoms. The van der Waals surface area contributed by atoms with Crippen molar-refractivity contribution in [2.75, 3.05) is 13.2 Å². The number of nitrogens with zero attached hydrogens (tertiary/aromatic N) is 1. The molecule has 0 aliphatic carbocycles. The first-order valence-electron chi connectivity index (χ1n) is 6.83. The first-order valence-corrected chi connectivity index (χ1v) is 6.83. The van der Waals surface area contributed by atoms with Gasteiger partial charge < -0.3 is 10.8 Å². The van der Waals surface area contributed by atoms with E-state index >= 15 is 0 Å². The number of carbonyl (C=O) groups is 1. The fourth-order valence-electron chi connectivity index (χ4n) is 2.69. The normalized spacial score (nSPS) is 24.3. The molecule has 104 valence electrons. The van der Waals surface area contributed by atoms with Gasteiger partial charge in [-0.15, -0.1) is 0 Å². The maximum atomic E-state index is 11.2. The van der Waals surface area contributed by atoms with Gasteiger partial charge in [-0.2, -0.15) is 0 Å². The first-order chi connectivity index (χ1) is 9.10. The van der Waals surface area contributed by atoms with E-state index in [1.54, 1.807) is 6.07 Å². The van der Waals surface area contributed by atoms with Gasteiger partial charge in [-0.25, -0.2) is 0 Å². The topological polar surface area (TPSA) is 66.6 Å². The molecule has 4 nitrogen and oxygen atoms in total. The molecule has 1 aromatic rings. The minimum Gasteiger partial charge on any atom is -0.396 e. The average molecular weight is 262 g/mol. The van der Waals surface area contributed by atoms with Crippen molar-refractivity contribution in [3.63, 3.8) is 0 Å². The van der Waals surface area contributed by atoms with Crippen molar-refractivity contribution in [2.24, 2.45) is 11.7 Å². The summed E-state index contributed by atoms with van der Waals surface area (Å²) in [5.41, 5.74) is 6.96. The van der Waals surface area contributed by atoms with Gasteiger partial charge >= 0.3 is 0 Å². The quantitative estimate of drug-likeness (QED) is 0.861. The number of benzene rings is 1. The van der Waals surface area contributed by atoms with Crippen LogP contribution in [-0.4, -0.2) is 35.1 Å². The minimum atomic E-state index is -0.387. The van der Waals surface area contributed by atoms with Crippen LogP contribution in [0, 0.1) is 5.92 Å². The monoisotopic (exact) mass is 262 g/mol. The highest BCUT2D eigenvalue weighted by molar-refractivity contribution is 5.92. The van der Waals surface area contributed by atoms with Crippen molar-refractivity contribution in [3.05, 3.63) is 35.4 Å². The van der Waals surface area contributed by atoms with Gasteiger partial charge in [0.2, 0.25) is 5.91 Å². The molecule has 0 saturated carbocycles. The van der Waals surface area contributed by atoms with E-state index in [1.165, 1.54) is 0 Å². The summed E-state index contributed by atoms with van der Waals surface area (Å²) in [6, 6.07) is 7.99. The Hall–Kier alpha value is -1.39. The number of hydrogen-bond acceptors (Lipinski definition) is 3. The Morgan fingerprint density at radius 2 is 2.26 bits per heavy atom. The zero-order valence-corrected chi connectivity index (χ0v) is 11.4. The van der Waals surface area contributed by atoms with Crippen LogP contribution in [0.3, 0.4) is 0 Å². The maximum Gasteiger partial charge on any atom is 0.248 e. The first kappa shape index (κ1) is 14.0. The van der Waals surface area contributed by atoms with Gasteiger partial charge in [0.15, 0.2) is 0 Å². The zero-order valence-electron chi connectivity index (χ0n) is 11.4. The second kappa shape index (κ2) is 6.17. The van der Waals surface area contributed by atoms with Crippen LogP contribution in [0.15, 0.2) is 24.3 Å². The number of primary amides is 1. The third-order valence-electron chi connectivity index (χ3n) is 3.96. The molecule has 1 fully saturated rings. The SMILES string of the molecule is CC1CCC(CO)CN1Cc1cccc(C(N)=O)c1. The fraction of sp³-hybridized carbons (Fsp3) is 0.533. The van der Waals surface area contributed by atoms with E-state index in [-0.39, 0.29) is 12.5 Å². The molecule has 4 heteroatoms. The van der Waals surface area contributed by atoms with Crippen LogP contribution in [0.4, 0.5) is 0 Å². The van der Waals surface area contributed by atoms with Crippen LogP contribution in [0.5, 0.6) is 0 Å². The van der Waals surface area contributed by atoms with Gasteiger partial charge in [-0.1, -0.05) is 12.1 Å². The van der Waals surface area contributed by atoms with Crippen molar-refractivity contribution in [1.82, 2.24) is 4.90 Å². The predicted molar refractivity (Wildman–Crippen MR) is 74.6 cm³/mol. The van der Waals surface area contributed by atoms with Gasteiger partial charge in [0.25, 0.3) is 0 Å². The highest BCUT2D eigenvalue weighted by Gasteiger charge is 2.24. The molecule has 2 unspecified atom stereocenters. The lowest BCUT2D eigenvalue weighted by molar-refractivity contribution is 0.0771. The van der Waals surface area contributed by atoms with E-state index in [1.807, 2.05) is 18.2 Å². The number of nitrogens with two attached hydrogens (primary N) is 1. The molecular weight excluding hydrogens is 240 g/mol. The number of amides is 1. The molecule has 19 heavy (non-hydrogen) atoms. The second-order valence-electron chi connectivity index (χ2n) is 5.47. The Labute approximate surface area is 114 Å². The van der Waals surface area contributed by atoms with Gasteiger partial charge in [-0.05, 0) is 43.4 Å². The number of hydrogen-bond donors (Lipinski definition) is 2. The lowest BCUT2D eigenvalue weighted by Gasteiger charge is -2.37. The van der Waals surface area contributed by atoms with E-state index in [4.69, 9.17) is 5.73 Å². The highest BCUT2D eigenvalue weighted by Crippen LogP contribution is 2.23. The Balaban J connectivity index is 2.06. The van der Waals surface area contributed by atoms with Gasteiger partial charge in [0.05, 0.1) is 0 Å². The zero-order chi connectivity index (χ0) is 13.8. The van der Waals surface area contributed by atoms with Crippen molar-refractivity contribution in [1.29, 1.82) is 0 Å². The maximum absolute atomic E-state index is 11.2. The van der Waals surface area contributed by atoms with Gasteiger partial charge in [0, 0.05) is 31.3 Å². The molecule has 1 aromatic carbocycles. The molecule has 1 amide bonds. The number of rotatable bonds is 4. The molecule has 1 aliphatic heterocycles. The van der Waals surface area contributed by atoms with Crippen molar-refractivity contribution >= 4 is 5.91 Å². The molecule has 3 N–H and O–H groups in total. The lowest BCUT2D eigenvalue weighted by Crippen LogP contribution is -2.42. The molecule has 2 atom stereocenters. The summed E-state index contributed by atoms with van der Waals surface area (Å²) >= 11 is 0. The number of aliphatic hydroxyl groups excluding tert-OH is 1. The highest BCUT2D eigenvalue weighted by atomic mass is 16.3. The van der Waals surface area contributed by atoms with Crippen molar-refractivity contribution in [3.8, 4) is 0 Å². The molecular formula is C15H22N2O2. The summed E-state index contributed by atoms with van der Waals surface area (Å²) in [7, 11) is 0. The molecule has 0 radical (unpaired) electrons. The largest absolute Gasteiger partial charge is 0.396 e. The summed E-state index contributed by atoms with van der Waals surface area (Å²) in [5.74, 6) is -0.0164. The molecule has 0 aromatic heterocycles. The molecule has 2 rings (SSSR count). The van der Waals surface area contributed by atoms with Crippen LogP contribution >= 0.6 is 0 Å². The standard InChI is InChI=1S/C15H22N2O2/c1-11-5-6-13(10-18)9-17(11)8-12-3-2-4-14(7-12)15(16)19/h2-4,7,11,13,18H,5-6,8-10H2,1H3,(H2,16,19). The van der Waals surface area contributed by atoms with E-state index in [0.29, 0.717) is 17.5 Å². The average Bonchev–Trinajstić information content (AvgIpc) is 2.41. The predicted octanol–water partition coefficient (Wildman–Crippen LogP) is 1.38. The smallest absolute Gasteiger partial charge is 0.248 e. The molecule has 1 heterocycles. The molecule has 1 saturated heterocycles.